The molecule has 0 saturated carbocycles. The second-order valence-electron chi connectivity index (χ2n) is 6.31. The van der Waals surface area contributed by atoms with E-state index in [1.54, 1.807) is 6.07 Å². The first kappa shape index (κ1) is 15.9. The molecule has 5 nitrogen and oxygen atoms in total. The van der Waals surface area contributed by atoms with Gasteiger partial charge in [-0.05, 0) is 50.4 Å². The number of hydrogen-bond acceptors (Lipinski definition) is 4. The molecule has 2 amide bonds. The molecule has 124 valence electrons. The largest absolute Gasteiger partial charge is 0.385 e. The van der Waals surface area contributed by atoms with Gasteiger partial charge in [-0.1, -0.05) is 6.07 Å². The van der Waals surface area contributed by atoms with Gasteiger partial charge in [-0.25, -0.2) is 4.39 Å². The van der Waals surface area contributed by atoms with Crippen LogP contribution in [0.2, 0.25) is 0 Å². The third-order valence-corrected chi connectivity index (χ3v) is 4.67. The van der Waals surface area contributed by atoms with Gasteiger partial charge in [0.1, 0.15) is 5.82 Å². The topological polar surface area (TPSA) is 70.2 Å². The molecule has 2 aliphatic rings. The van der Waals surface area contributed by atoms with Gasteiger partial charge in [0.05, 0.1) is 5.92 Å². The van der Waals surface area contributed by atoms with E-state index < -0.39 is 17.6 Å². The van der Waals surface area contributed by atoms with Crippen molar-refractivity contribution < 1.29 is 14.0 Å². The Kier molecular flexibility index (Phi) is 4.91. The average Bonchev–Trinajstić information content (AvgIpc) is 2.55. The van der Waals surface area contributed by atoms with Gasteiger partial charge in [0.2, 0.25) is 11.8 Å². The van der Waals surface area contributed by atoms with Crippen molar-refractivity contribution in [2.24, 2.45) is 5.92 Å². The van der Waals surface area contributed by atoms with E-state index in [-0.39, 0.29) is 12.3 Å². The van der Waals surface area contributed by atoms with Crippen molar-refractivity contribution in [3.05, 3.63) is 29.6 Å². The highest BCUT2D eigenvalue weighted by atomic mass is 19.1. The highest BCUT2D eigenvalue weighted by molar-refractivity contribution is 6.00. The minimum Gasteiger partial charge on any atom is -0.385 e. The van der Waals surface area contributed by atoms with E-state index in [4.69, 9.17) is 0 Å². The Labute approximate surface area is 135 Å². The number of anilines is 1. The van der Waals surface area contributed by atoms with Crippen molar-refractivity contribution in [2.45, 2.75) is 31.6 Å². The van der Waals surface area contributed by atoms with Crippen molar-refractivity contribution in [3.8, 4) is 0 Å². The molecule has 2 saturated heterocycles. The first-order valence-corrected chi connectivity index (χ1v) is 8.21. The first-order valence-electron chi connectivity index (χ1n) is 8.21. The molecule has 1 aromatic rings. The maximum Gasteiger partial charge on any atom is 0.234 e. The SMILES string of the molecule is O=C1CCC(c2ccc(NCC3CCNCC3)cc2F)C(=O)N1. The molecule has 0 spiro atoms. The molecule has 1 atom stereocenters. The summed E-state index contributed by atoms with van der Waals surface area (Å²) in [6.07, 6.45) is 2.88. The molecule has 0 bridgehead atoms. The lowest BCUT2D eigenvalue weighted by atomic mass is 9.90. The molecule has 23 heavy (non-hydrogen) atoms. The summed E-state index contributed by atoms with van der Waals surface area (Å²) >= 11 is 0. The Bertz CT molecular complexity index is 600. The zero-order valence-electron chi connectivity index (χ0n) is 13.0. The number of piperidine rings is 2. The van der Waals surface area contributed by atoms with Crippen LogP contribution >= 0.6 is 0 Å². The van der Waals surface area contributed by atoms with Crippen LogP contribution in [0, 0.1) is 11.7 Å². The lowest BCUT2D eigenvalue weighted by Crippen LogP contribution is -2.39. The Balaban J connectivity index is 1.63. The van der Waals surface area contributed by atoms with Gasteiger partial charge in [0, 0.05) is 24.2 Å². The number of carbonyl (C=O) groups is 2. The number of benzene rings is 1. The first-order chi connectivity index (χ1) is 11.1. The fourth-order valence-corrected chi connectivity index (χ4v) is 3.26. The molecular weight excluding hydrogens is 297 g/mol. The van der Waals surface area contributed by atoms with Gasteiger partial charge >= 0.3 is 0 Å². The molecule has 3 rings (SSSR count). The monoisotopic (exact) mass is 319 g/mol. The molecule has 0 radical (unpaired) electrons. The van der Waals surface area contributed by atoms with Crippen LogP contribution in [-0.4, -0.2) is 31.4 Å². The van der Waals surface area contributed by atoms with E-state index in [9.17, 15) is 14.0 Å². The minimum atomic E-state index is -0.578. The van der Waals surface area contributed by atoms with E-state index in [1.807, 2.05) is 6.07 Å². The van der Waals surface area contributed by atoms with Crippen LogP contribution in [0.25, 0.3) is 0 Å². The molecule has 0 aliphatic carbocycles. The summed E-state index contributed by atoms with van der Waals surface area (Å²) in [7, 11) is 0. The van der Waals surface area contributed by atoms with Crippen LogP contribution in [0.4, 0.5) is 10.1 Å². The maximum absolute atomic E-state index is 14.4. The van der Waals surface area contributed by atoms with E-state index in [0.29, 0.717) is 17.9 Å². The van der Waals surface area contributed by atoms with Crippen molar-refractivity contribution in [2.75, 3.05) is 25.0 Å². The second kappa shape index (κ2) is 7.08. The van der Waals surface area contributed by atoms with Crippen molar-refractivity contribution in [1.82, 2.24) is 10.6 Å². The zero-order valence-corrected chi connectivity index (χ0v) is 13.0. The summed E-state index contributed by atoms with van der Waals surface area (Å²) in [6.45, 7) is 2.91. The number of imide groups is 1. The molecule has 3 N–H and O–H groups in total. The quantitative estimate of drug-likeness (QED) is 0.740. The number of rotatable bonds is 4. The van der Waals surface area contributed by atoms with Crippen LogP contribution in [0.15, 0.2) is 18.2 Å². The molecule has 6 heteroatoms. The predicted molar refractivity (Wildman–Crippen MR) is 85.6 cm³/mol. The standard InChI is InChI=1S/C17H22FN3O2/c18-15-9-12(20-10-11-5-7-19-8-6-11)1-2-13(15)14-3-4-16(22)21-17(14)23/h1-2,9,11,14,19-20H,3-8,10H2,(H,21,22,23). The van der Waals surface area contributed by atoms with E-state index in [0.717, 1.165) is 38.2 Å². The normalized spacial score (nSPS) is 22.7. The van der Waals surface area contributed by atoms with Crippen molar-refractivity contribution in [3.63, 3.8) is 0 Å². The third-order valence-electron chi connectivity index (χ3n) is 4.67. The zero-order chi connectivity index (χ0) is 16.2. The minimum absolute atomic E-state index is 0.256. The van der Waals surface area contributed by atoms with E-state index in [2.05, 4.69) is 16.0 Å². The van der Waals surface area contributed by atoms with Gasteiger partial charge in [-0.2, -0.15) is 0 Å². The molecule has 1 unspecified atom stereocenters. The Morgan fingerprint density at radius 2 is 1.96 bits per heavy atom. The Hall–Kier alpha value is -1.95. The highest BCUT2D eigenvalue weighted by Crippen LogP contribution is 2.28. The average molecular weight is 319 g/mol. The molecule has 2 heterocycles. The lowest BCUT2D eigenvalue weighted by Gasteiger charge is -2.24. The predicted octanol–water partition coefficient (Wildman–Crippen LogP) is 1.76. The fraction of sp³-hybridized carbons (Fsp3) is 0.529. The molecule has 2 fully saturated rings. The summed E-state index contributed by atoms with van der Waals surface area (Å²) in [6, 6.07) is 4.91. The van der Waals surface area contributed by atoms with E-state index >= 15 is 0 Å². The number of nitrogens with one attached hydrogen (secondary N) is 3. The number of halogens is 1. The van der Waals surface area contributed by atoms with Gasteiger partial charge in [-0.15, -0.1) is 0 Å². The summed E-state index contributed by atoms with van der Waals surface area (Å²) in [4.78, 5) is 23.0. The lowest BCUT2D eigenvalue weighted by molar-refractivity contribution is -0.134. The van der Waals surface area contributed by atoms with E-state index in [1.165, 1.54) is 6.07 Å². The third kappa shape index (κ3) is 3.88. The van der Waals surface area contributed by atoms with Gasteiger partial charge in [0.25, 0.3) is 0 Å². The van der Waals surface area contributed by atoms with Crippen molar-refractivity contribution in [1.29, 1.82) is 0 Å². The molecule has 0 aromatic heterocycles. The molecular formula is C17H22FN3O2. The van der Waals surface area contributed by atoms with Crippen LogP contribution in [0.5, 0.6) is 0 Å². The summed E-state index contributed by atoms with van der Waals surface area (Å²) in [5.41, 5.74) is 1.10. The van der Waals surface area contributed by atoms with Crippen LogP contribution in [-0.2, 0) is 9.59 Å². The van der Waals surface area contributed by atoms with Gasteiger partial charge in [0.15, 0.2) is 0 Å². The number of amides is 2. The summed E-state index contributed by atoms with van der Waals surface area (Å²) < 4.78 is 14.4. The van der Waals surface area contributed by atoms with Gasteiger partial charge < -0.3 is 10.6 Å². The summed E-state index contributed by atoms with van der Waals surface area (Å²) in [5.74, 6) is -1.06. The maximum atomic E-state index is 14.4. The molecule has 2 aliphatic heterocycles. The summed E-state index contributed by atoms with van der Waals surface area (Å²) in [5, 5.41) is 8.88. The van der Waals surface area contributed by atoms with Crippen LogP contribution in [0.3, 0.4) is 0 Å². The van der Waals surface area contributed by atoms with Crippen molar-refractivity contribution >= 4 is 17.5 Å². The Morgan fingerprint density at radius 3 is 2.65 bits per heavy atom. The van der Waals surface area contributed by atoms with Crippen LogP contribution < -0.4 is 16.0 Å². The number of carbonyl (C=O) groups excluding carboxylic acids is 2. The van der Waals surface area contributed by atoms with Crippen LogP contribution in [0.1, 0.15) is 37.2 Å². The highest BCUT2D eigenvalue weighted by Gasteiger charge is 2.29. The Morgan fingerprint density at radius 1 is 1.17 bits per heavy atom. The molecule has 1 aromatic carbocycles. The smallest absolute Gasteiger partial charge is 0.234 e. The number of hydrogen-bond donors (Lipinski definition) is 3. The fourth-order valence-electron chi connectivity index (χ4n) is 3.26. The van der Waals surface area contributed by atoms with Gasteiger partial charge in [-0.3, -0.25) is 14.9 Å². The second-order valence-corrected chi connectivity index (χ2v) is 6.31.